The van der Waals surface area contributed by atoms with Crippen molar-refractivity contribution in [3.8, 4) is 5.75 Å². The van der Waals surface area contributed by atoms with E-state index in [-0.39, 0.29) is 10.7 Å². The Balaban J connectivity index is 1.67. The van der Waals surface area contributed by atoms with Crippen molar-refractivity contribution in [3.63, 3.8) is 0 Å². The molecule has 0 fully saturated rings. The lowest BCUT2D eigenvalue weighted by molar-refractivity contribution is -0.384. The molecule has 29 heavy (non-hydrogen) atoms. The third-order valence-electron chi connectivity index (χ3n) is 3.92. The Bertz CT molecular complexity index is 1050. The highest BCUT2D eigenvalue weighted by Crippen LogP contribution is 2.24. The van der Waals surface area contributed by atoms with E-state index >= 15 is 0 Å². The van der Waals surface area contributed by atoms with Crippen molar-refractivity contribution in [2.75, 3.05) is 0 Å². The van der Waals surface area contributed by atoms with Crippen LogP contribution in [0, 0.1) is 10.1 Å². The first kappa shape index (κ1) is 20.0. The minimum atomic E-state index is -0.585. The van der Waals surface area contributed by atoms with Gasteiger partial charge in [0.25, 0.3) is 11.6 Å². The summed E-state index contributed by atoms with van der Waals surface area (Å²) in [5.74, 6) is -0.0421. The Morgan fingerprint density at radius 1 is 1.10 bits per heavy atom. The Hall–Kier alpha value is -3.71. The highest BCUT2D eigenvalue weighted by atomic mass is 35.5. The maximum absolute atomic E-state index is 12.5. The first-order valence-corrected chi connectivity index (χ1v) is 8.95. The van der Waals surface area contributed by atoms with Crippen molar-refractivity contribution in [2.24, 2.45) is 5.10 Å². The van der Waals surface area contributed by atoms with E-state index in [9.17, 15) is 14.9 Å². The number of halogens is 1. The molecule has 0 spiro atoms. The molecule has 0 unspecified atom stereocenters. The summed E-state index contributed by atoms with van der Waals surface area (Å²) in [5.41, 5.74) is 3.89. The van der Waals surface area contributed by atoms with Crippen LogP contribution in [-0.2, 0) is 6.61 Å². The first-order chi connectivity index (χ1) is 14.0. The van der Waals surface area contributed by atoms with E-state index in [2.05, 4.69) is 10.5 Å². The van der Waals surface area contributed by atoms with Crippen molar-refractivity contribution in [3.05, 3.63) is 105 Å². The zero-order valence-corrected chi connectivity index (χ0v) is 15.9. The van der Waals surface area contributed by atoms with E-state index < -0.39 is 10.8 Å². The molecule has 3 aromatic carbocycles. The molecule has 0 bridgehead atoms. The van der Waals surface area contributed by atoms with E-state index in [1.807, 2.05) is 30.3 Å². The summed E-state index contributed by atoms with van der Waals surface area (Å²) in [6.07, 6.45) is 1.30. The largest absolute Gasteiger partial charge is 0.488 e. The Morgan fingerprint density at radius 2 is 1.83 bits per heavy atom. The topological polar surface area (TPSA) is 93.8 Å². The number of carbonyl (C=O) groups is 1. The fraction of sp³-hybridized carbons (Fsp3) is 0.0476. The normalized spacial score (nSPS) is 10.7. The van der Waals surface area contributed by atoms with Crippen LogP contribution in [0.5, 0.6) is 5.75 Å². The van der Waals surface area contributed by atoms with E-state index in [0.717, 1.165) is 5.56 Å². The summed E-state index contributed by atoms with van der Waals surface area (Å²) >= 11 is 5.78. The summed E-state index contributed by atoms with van der Waals surface area (Å²) in [7, 11) is 0. The van der Waals surface area contributed by atoms with Gasteiger partial charge in [-0.3, -0.25) is 14.9 Å². The molecule has 0 atom stereocenters. The van der Waals surface area contributed by atoms with Crippen molar-refractivity contribution >= 4 is 29.4 Å². The van der Waals surface area contributed by atoms with Crippen LogP contribution in [0.1, 0.15) is 21.5 Å². The van der Waals surface area contributed by atoms with Gasteiger partial charge in [-0.25, -0.2) is 5.43 Å². The highest BCUT2D eigenvalue weighted by Gasteiger charge is 2.13. The quantitative estimate of drug-likeness (QED) is 0.351. The monoisotopic (exact) mass is 409 g/mol. The lowest BCUT2D eigenvalue weighted by Crippen LogP contribution is -2.18. The molecular formula is C21H16ClN3O4. The maximum atomic E-state index is 12.5. The van der Waals surface area contributed by atoms with Crippen molar-refractivity contribution in [2.45, 2.75) is 6.61 Å². The summed E-state index contributed by atoms with van der Waals surface area (Å²) in [6, 6.07) is 20.6. The molecule has 1 N–H and O–H groups in total. The molecule has 3 rings (SSSR count). The molecular weight excluding hydrogens is 394 g/mol. The lowest BCUT2D eigenvalue weighted by atomic mass is 10.2. The van der Waals surface area contributed by atoms with Crippen LogP contribution >= 0.6 is 11.6 Å². The SMILES string of the molecule is O=C(NN=Cc1ccc(Cl)c([N+](=O)[O-])c1)c1ccccc1OCc1ccccc1. The molecule has 1 amide bonds. The number of nitro groups is 1. The second kappa shape index (κ2) is 9.48. The Kier molecular flexibility index (Phi) is 6.55. The number of hydrogen-bond acceptors (Lipinski definition) is 5. The minimum Gasteiger partial charge on any atom is -0.488 e. The van der Waals surface area contributed by atoms with Crippen LogP contribution in [0.3, 0.4) is 0 Å². The van der Waals surface area contributed by atoms with Gasteiger partial charge in [0, 0.05) is 11.6 Å². The third kappa shape index (κ3) is 5.40. The maximum Gasteiger partial charge on any atom is 0.288 e. The fourth-order valence-corrected chi connectivity index (χ4v) is 2.68. The number of nitro benzene ring substituents is 1. The van der Waals surface area contributed by atoms with Crippen LogP contribution in [0.15, 0.2) is 77.9 Å². The first-order valence-electron chi connectivity index (χ1n) is 8.57. The molecule has 3 aromatic rings. The second-order valence-corrected chi connectivity index (χ2v) is 6.34. The van der Waals surface area contributed by atoms with E-state index in [4.69, 9.17) is 16.3 Å². The molecule has 0 aliphatic rings. The summed E-state index contributed by atoms with van der Waals surface area (Å²) in [6.45, 7) is 0.322. The van der Waals surface area contributed by atoms with Gasteiger partial charge in [-0.2, -0.15) is 5.10 Å². The van der Waals surface area contributed by atoms with Gasteiger partial charge in [-0.1, -0.05) is 60.1 Å². The highest BCUT2D eigenvalue weighted by molar-refractivity contribution is 6.32. The molecule has 0 aromatic heterocycles. The van der Waals surface area contributed by atoms with Gasteiger partial charge in [0.05, 0.1) is 16.7 Å². The van der Waals surface area contributed by atoms with E-state index in [0.29, 0.717) is 23.5 Å². The van der Waals surface area contributed by atoms with Crippen LogP contribution in [0.4, 0.5) is 5.69 Å². The lowest BCUT2D eigenvalue weighted by Gasteiger charge is -2.10. The molecule has 7 nitrogen and oxygen atoms in total. The number of hydrogen-bond donors (Lipinski definition) is 1. The molecule has 8 heteroatoms. The second-order valence-electron chi connectivity index (χ2n) is 5.94. The number of nitrogens with one attached hydrogen (secondary N) is 1. The van der Waals surface area contributed by atoms with Gasteiger partial charge >= 0.3 is 0 Å². The number of para-hydroxylation sites is 1. The molecule has 0 aliphatic heterocycles. The average molecular weight is 410 g/mol. The van der Waals surface area contributed by atoms with Gasteiger partial charge in [-0.15, -0.1) is 0 Å². The molecule has 146 valence electrons. The van der Waals surface area contributed by atoms with Gasteiger partial charge in [0.2, 0.25) is 0 Å². The van der Waals surface area contributed by atoms with Gasteiger partial charge in [0.1, 0.15) is 17.4 Å². The standard InChI is InChI=1S/C21H16ClN3O4/c22-18-11-10-16(12-19(18)25(27)28)13-23-24-21(26)17-8-4-5-9-20(17)29-14-15-6-2-1-3-7-15/h1-13H,14H2,(H,24,26). The van der Waals surface area contributed by atoms with Gasteiger partial charge < -0.3 is 4.74 Å². The third-order valence-corrected chi connectivity index (χ3v) is 4.24. The summed E-state index contributed by atoms with van der Waals surface area (Å²) in [5, 5.41) is 14.8. The van der Waals surface area contributed by atoms with Crippen LogP contribution < -0.4 is 10.2 Å². The zero-order valence-electron chi connectivity index (χ0n) is 15.1. The fourth-order valence-electron chi connectivity index (χ4n) is 2.49. The van der Waals surface area contributed by atoms with Crippen LogP contribution in [0.2, 0.25) is 5.02 Å². The summed E-state index contributed by atoms with van der Waals surface area (Å²) < 4.78 is 5.76. The molecule has 0 radical (unpaired) electrons. The molecule has 0 aliphatic carbocycles. The number of ether oxygens (including phenoxy) is 1. The number of carbonyl (C=O) groups excluding carboxylic acids is 1. The molecule has 0 heterocycles. The van der Waals surface area contributed by atoms with E-state index in [1.165, 1.54) is 18.3 Å². The predicted molar refractivity (Wildman–Crippen MR) is 110 cm³/mol. The number of amides is 1. The minimum absolute atomic E-state index is 0.0284. The smallest absolute Gasteiger partial charge is 0.288 e. The molecule has 0 saturated carbocycles. The molecule has 0 saturated heterocycles. The average Bonchev–Trinajstić information content (AvgIpc) is 2.74. The van der Waals surface area contributed by atoms with Crippen molar-refractivity contribution in [1.82, 2.24) is 5.43 Å². The van der Waals surface area contributed by atoms with Crippen LogP contribution in [0.25, 0.3) is 0 Å². The van der Waals surface area contributed by atoms with Gasteiger partial charge in [0.15, 0.2) is 0 Å². The van der Waals surface area contributed by atoms with Crippen molar-refractivity contribution in [1.29, 1.82) is 0 Å². The van der Waals surface area contributed by atoms with Gasteiger partial charge in [-0.05, 0) is 23.8 Å². The number of hydrazone groups is 1. The van der Waals surface area contributed by atoms with Crippen LogP contribution in [-0.4, -0.2) is 17.0 Å². The van der Waals surface area contributed by atoms with Crippen molar-refractivity contribution < 1.29 is 14.5 Å². The Labute approximate surface area is 171 Å². The zero-order chi connectivity index (χ0) is 20.6. The number of nitrogens with zero attached hydrogens (tertiary/aromatic N) is 2. The number of rotatable bonds is 7. The van der Waals surface area contributed by atoms with E-state index in [1.54, 1.807) is 30.3 Å². The summed E-state index contributed by atoms with van der Waals surface area (Å²) in [4.78, 5) is 22.8. The predicted octanol–water partition coefficient (Wildman–Crippen LogP) is 4.59. The Morgan fingerprint density at radius 3 is 2.59 bits per heavy atom. The number of benzene rings is 3.